The van der Waals surface area contributed by atoms with Gasteiger partial charge in [-0.1, -0.05) is 18.2 Å². The van der Waals surface area contributed by atoms with Crippen LogP contribution in [0.5, 0.6) is 0 Å². The van der Waals surface area contributed by atoms with Crippen LogP contribution in [0.2, 0.25) is 0 Å². The lowest BCUT2D eigenvalue weighted by Gasteiger charge is -2.12. The van der Waals surface area contributed by atoms with Gasteiger partial charge in [-0.15, -0.1) is 11.3 Å². The van der Waals surface area contributed by atoms with Crippen molar-refractivity contribution >= 4 is 28.3 Å². The van der Waals surface area contributed by atoms with Crippen LogP contribution in [0, 0.1) is 0 Å². The van der Waals surface area contributed by atoms with Gasteiger partial charge in [-0.05, 0) is 44.7 Å². The van der Waals surface area contributed by atoms with Gasteiger partial charge in [0.2, 0.25) is 5.91 Å². The van der Waals surface area contributed by atoms with Crippen LogP contribution in [0.15, 0.2) is 30.3 Å². The lowest BCUT2D eigenvalue weighted by Crippen LogP contribution is -2.41. The maximum absolute atomic E-state index is 12.2. The number of fused-ring (bicyclic) bond motifs is 1. The minimum Gasteiger partial charge on any atom is -0.341 e. The molecule has 23 heavy (non-hydrogen) atoms. The van der Waals surface area contributed by atoms with Crippen molar-refractivity contribution in [2.45, 2.75) is 38.6 Å². The fraction of sp³-hybridized carbons (Fsp3) is 0.353. The predicted octanol–water partition coefficient (Wildman–Crippen LogP) is 2.78. The van der Waals surface area contributed by atoms with Gasteiger partial charge in [0.1, 0.15) is 6.04 Å². The van der Waals surface area contributed by atoms with Crippen molar-refractivity contribution in [1.82, 2.24) is 10.3 Å². The molecule has 1 aromatic heterocycles. The number of nitrogens with zero attached hydrogens (tertiary/aromatic N) is 1. The fourth-order valence-electron chi connectivity index (χ4n) is 2.55. The Balaban J connectivity index is 1.59. The van der Waals surface area contributed by atoms with E-state index in [0.717, 1.165) is 25.0 Å². The van der Waals surface area contributed by atoms with E-state index in [1.807, 2.05) is 6.07 Å². The third kappa shape index (κ3) is 3.76. The molecule has 0 bridgehead atoms. The molecule has 0 spiro atoms. The zero-order valence-corrected chi connectivity index (χ0v) is 13.8. The molecule has 0 radical (unpaired) electrons. The fourth-order valence-corrected chi connectivity index (χ4v) is 3.61. The van der Waals surface area contributed by atoms with Crippen molar-refractivity contribution < 1.29 is 9.59 Å². The number of aryl methyl sites for hydroxylation is 2. The van der Waals surface area contributed by atoms with E-state index in [9.17, 15) is 9.59 Å². The molecule has 5 nitrogen and oxygen atoms in total. The Bertz CT molecular complexity index is 688. The highest BCUT2D eigenvalue weighted by Crippen LogP contribution is 2.29. The van der Waals surface area contributed by atoms with Gasteiger partial charge in [-0.2, -0.15) is 0 Å². The number of nitrogens with one attached hydrogen (secondary N) is 2. The molecule has 0 aliphatic heterocycles. The summed E-state index contributed by atoms with van der Waals surface area (Å²) in [4.78, 5) is 30.1. The molecule has 0 fully saturated rings. The zero-order chi connectivity index (χ0) is 16.2. The molecule has 1 aromatic carbocycles. The Labute approximate surface area is 139 Å². The molecule has 2 aromatic rings. The van der Waals surface area contributed by atoms with Crippen molar-refractivity contribution in [2.24, 2.45) is 0 Å². The van der Waals surface area contributed by atoms with Gasteiger partial charge in [0.15, 0.2) is 5.13 Å². The largest absolute Gasteiger partial charge is 0.341 e. The van der Waals surface area contributed by atoms with Crippen LogP contribution in [0.3, 0.4) is 0 Å². The maximum Gasteiger partial charge on any atom is 0.251 e. The molecule has 0 unspecified atom stereocenters. The van der Waals surface area contributed by atoms with Crippen LogP contribution in [0.25, 0.3) is 0 Å². The SMILES string of the molecule is C[C@@H](NC(=O)c1ccccc1)C(=O)Nc1nc2c(s1)CCCC2. The van der Waals surface area contributed by atoms with E-state index in [4.69, 9.17) is 0 Å². The lowest BCUT2D eigenvalue weighted by molar-refractivity contribution is -0.117. The lowest BCUT2D eigenvalue weighted by atomic mass is 10.0. The van der Waals surface area contributed by atoms with Gasteiger partial charge >= 0.3 is 0 Å². The molecule has 2 amide bonds. The van der Waals surface area contributed by atoms with Crippen LogP contribution in [0.4, 0.5) is 5.13 Å². The van der Waals surface area contributed by atoms with Crippen molar-refractivity contribution in [3.05, 3.63) is 46.5 Å². The van der Waals surface area contributed by atoms with Crippen LogP contribution >= 0.6 is 11.3 Å². The van der Waals surface area contributed by atoms with E-state index in [1.54, 1.807) is 42.5 Å². The summed E-state index contributed by atoms with van der Waals surface area (Å²) in [6, 6.07) is 8.24. The molecule has 1 aliphatic carbocycles. The first kappa shape index (κ1) is 15.7. The summed E-state index contributed by atoms with van der Waals surface area (Å²) in [6.07, 6.45) is 4.38. The molecule has 3 rings (SSSR count). The van der Waals surface area contributed by atoms with E-state index >= 15 is 0 Å². The number of rotatable bonds is 4. The average molecular weight is 329 g/mol. The molecule has 120 valence electrons. The third-order valence-electron chi connectivity index (χ3n) is 3.85. The average Bonchev–Trinajstić information content (AvgIpc) is 2.97. The van der Waals surface area contributed by atoms with Crippen molar-refractivity contribution in [3.8, 4) is 0 Å². The van der Waals surface area contributed by atoms with Gasteiger partial charge < -0.3 is 10.6 Å². The Kier molecular flexibility index (Phi) is 4.71. The molecule has 1 heterocycles. The minimum atomic E-state index is -0.622. The third-order valence-corrected chi connectivity index (χ3v) is 4.93. The molecular formula is C17H19N3O2S. The zero-order valence-electron chi connectivity index (χ0n) is 13.0. The van der Waals surface area contributed by atoms with Crippen molar-refractivity contribution in [2.75, 3.05) is 5.32 Å². The number of thiazole rings is 1. The van der Waals surface area contributed by atoms with Crippen LogP contribution in [-0.4, -0.2) is 22.8 Å². The van der Waals surface area contributed by atoms with Crippen LogP contribution < -0.4 is 10.6 Å². The second-order valence-corrected chi connectivity index (χ2v) is 6.73. The number of carbonyl (C=O) groups is 2. The molecule has 0 saturated heterocycles. The summed E-state index contributed by atoms with van der Waals surface area (Å²) >= 11 is 1.54. The van der Waals surface area contributed by atoms with Crippen molar-refractivity contribution in [1.29, 1.82) is 0 Å². The minimum absolute atomic E-state index is 0.250. The van der Waals surface area contributed by atoms with E-state index in [-0.39, 0.29) is 11.8 Å². The summed E-state index contributed by atoms with van der Waals surface area (Å²) in [5.41, 5.74) is 1.65. The van der Waals surface area contributed by atoms with Crippen LogP contribution in [0.1, 0.15) is 40.7 Å². The predicted molar refractivity (Wildman–Crippen MR) is 90.8 cm³/mol. The summed E-state index contributed by atoms with van der Waals surface area (Å²) in [5, 5.41) is 6.14. The highest BCUT2D eigenvalue weighted by atomic mass is 32.1. The quantitative estimate of drug-likeness (QED) is 0.906. The highest BCUT2D eigenvalue weighted by molar-refractivity contribution is 7.15. The first-order valence-electron chi connectivity index (χ1n) is 7.79. The summed E-state index contributed by atoms with van der Waals surface area (Å²) in [5.74, 6) is -0.507. The van der Waals surface area contributed by atoms with Gasteiger partial charge in [0.25, 0.3) is 5.91 Å². The van der Waals surface area contributed by atoms with E-state index < -0.39 is 6.04 Å². The first-order chi connectivity index (χ1) is 11.1. The second kappa shape index (κ2) is 6.91. The summed E-state index contributed by atoms with van der Waals surface area (Å²) < 4.78 is 0. The second-order valence-electron chi connectivity index (χ2n) is 5.65. The topological polar surface area (TPSA) is 71.1 Å². The molecule has 6 heteroatoms. The van der Waals surface area contributed by atoms with E-state index in [0.29, 0.717) is 10.7 Å². The normalized spacial score (nSPS) is 14.7. The molecule has 1 atom stereocenters. The number of hydrogen-bond donors (Lipinski definition) is 2. The van der Waals surface area contributed by atoms with Crippen LogP contribution in [-0.2, 0) is 17.6 Å². The van der Waals surface area contributed by atoms with Gasteiger partial charge in [0.05, 0.1) is 5.69 Å². The van der Waals surface area contributed by atoms with E-state index in [2.05, 4.69) is 15.6 Å². The van der Waals surface area contributed by atoms with Crippen molar-refractivity contribution in [3.63, 3.8) is 0 Å². The number of aromatic nitrogens is 1. The number of amides is 2. The standard InChI is InChI=1S/C17H19N3O2S/c1-11(18-16(22)12-7-3-2-4-8-12)15(21)20-17-19-13-9-5-6-10-14(13)23-17/h2-4,7-8,11H,5-6,9-10H2,1H3,(H,18,22)(H,19,20,21)/t11-/m1/s1. The molecule has 1 aliphatic rings. The number of benzene rings is 1. The Hall–Kier alpha value is -2.21. The monoisotopic (exact) mass is 329 g/mol. The molecule has 0 saturated carbocycles. The summed E-state index contributed by atoms with van der Waals surface area (Å²) in [6.45, 7) is 1.67. The maximum atomic E-state index is 12.2. The number of carbonyl (C=O) groups excluding carboxylic acids is 2. The summed E-state index contributed by atoms with van der Waals surface area (Å²) in [7, 11) is 0. The molecular weight excluding hydrogens is 310 g/mol. The smallest absolute Gasteiger partial charge is 0.251 e. The van der Waals surface area contributed by atoms with Gasteiger partial charge in [0, 0.05) is 10.4 Å². The number of hydrogen-bond acceptors (Lipinski definition) is 4. The highest BCUT2D eigenvalue weighted by Gasteiger charge is 2.20. The number of anilines is 1. The first-order valence-corrected chi connectivity index (χ1v) is 8.60. The van der Waals surface area contributed by atoms with Gasteiger partial charge in [-0.25, -0.2) is 4.98 Å². The van der Waals surface area contributed by atoms with Gasteiger partial charge in [-0.3, -0.25) is 9.59 Å². The van der Waals surface area contributed by atoms with E-state index in [1.165, 1.54) is 11.3 Å². The Morgan fingerprint density at radius 3 is 2.65 bits per heavy atom. The molecule has 2 N–H and O–H groups in total. The Morgan fingerprint density at radius 1 is 1.17 bits per heavy atom. The Morgan fingerprint density at radius 2 is 1.91 bits per heavy atom.